The van der Waals surface area contributed by atoms with Crippen LogP contribution in [0, 0.1) is 0 Å². The van der Waals surface area contributed by atoms with Crippen molar-refractivity contribution >= 4 is 0 Å². The highest BCUT2D eigenvalue weighted by molar-refractivity contribution is 5.27. The van der Waals surface area contributed by atoms with Gasteiger partial charge in [0, 0.05) is 12.8 Å². The van der Waals surface area contributed by atoms with Crippen molar-refractivity contribution in [3.8, 4) is 5.75 Å². The molecule has 0 N–H and O–H groups in total. The molecule has 0 unspecified atom stereocenters. The second-order valence-corrected chi connectivity index (χ2v) is 5.74. The first-order valence-electron chi connectivity index (χ1n) is 8.22. The molecule has 1 aromatic rings. The molecule has 0 amide bonds. The summed E-state index contributed by atoms with van der Waals surface area (Å²) < 4.78 is 11.3. The molecule has 1 fully saturated rings. The van der Waals surface area contributed by atoms with E-state index in [1.54, 1.807) is 0 Å². The minimum atomic E-state index is 0.337. The minimum Gasteiger partial charge on any atom is -0.490 e. The number of hydrogen-bond donors (Lipinski definition) is 0. The van der Waals surface area contributed by atoms with E-state index >= 15 is 0 Å². The predicted octanol–water partition coefficient (Wildman–Crippen LogP) is 4.76. The van der Waals surface area contributed by atoms with E-state index in [0.29, 0.717) is 6.10 Å². The van der Waals surface area contributed by atoms with Crippen molar-refractivity contribution in [2.45, 2.75) is 64.4 Å². The first-order valence-corrected chi connectivity index (χ1v) is 8.22. The van der Waals surface area contributed by atoms with Crippen LogP contribution in [0.5, 0.6) is 5.75 Å². The molecule has 0 radical (unpaired) electrons. The van der Waals surface area contributed by atoms with Crippen LogP contribution < -0.4 is 4.74 Å². The molecule has 1 aliphatic rings. The lowest BCUT2D eigenvalue weighted by Gasteiger charge is -2.23. The molecule has 2 heteroatoms. The van der Waals surface area contributed by atoms with E-state index in [9.17, 15) is 0 Å². The summed E-state index contributed by atoms with van der Waals surface area (Å²) in [5.41, 5.74) is 1.43. The second kappa shape index (κ2) is 9.02. The molecule has 0 aliphatic carbocycles. The van der Waals surface area contributed by atoms with Gasteiger partial charge in [-0.25, -0.2) is 0 Å². The first kappa shape index (κ1) is 15.4. The number of aryl methyl sites for hydroxylation is 1. The van der Waals surface area contributed by atoms with Crippen molar-refractivity contribution in [3.05, 3.63) is 29.8 Å². The molecular weight excluding hydrogens is 248 g/mol. The summed E-state index contributed by atoms with van der Waals surface area (Å²) in [6, 6.07) is 8.68. The fourth-order valence-corrected chi connectivity index (χ4v) is 2.65. The molecule has 0 atom stereocenters. The maximum Gasteiger partial charge on any atom is 0.119 e. The Morgan fingerprint density at radius 1 is 1.00 bits per heavy atom. The molecule has 2 nitrogen and oxygen atoms in total. The SMILES string of the molecule is CCCCCCCc1ccc(OC2CCOCC2)cc1. The van der Waals surface area contributed by atoms with Gasteiger partial charge in [-0.2, -0.15) is 0 Å². The standard InChI is InChI=1S/C18H28O2/c1-2-3-4-5-6-7-16-8-10-17(11-9-16)20-18-12-14-19-15-13-18/h8-11,18H,2-7,12-15H2,1H3. The van der Waals surface area contributed by atoms with E-state index in [-0.39, 0.29) is 0 Å². The number of benzene rings is 1. The van der Waals surface area contributed by atoms with Crippen molar-refractivity contribution in [2.75, 3.05) is 13.2 Å². The minimum absolute atomic E-state index is 0.337. The number of ether oxygens (including phenoxy) is 2. The summed E-state index contributed by atoms with van der Waals surface area (Å²) in [4.78, 5) is 0. The molecule has 0 bridgehead atoms. The van der Waals surface area contributed by atoms with Gasteiger partial charge in [-0.1, -0.05) is 44.7 Å². The topological polar surface area (TPSA) is 18.5 Å². The Hall–Kier alpha value is -1.02. The van der Waals surface area contributed by atoms with Gasteiger partial charge in [0.15, 0.2) is 0 Å². The van der Waals surface area contributed by atoms with Crippen LogP contribution in [0.1, 0.15) is 57.4 Å². The molecule has 0 aromatic heterocycles. The molecule has 112 valence electrons. The number of hydrogen-bond acceptors (Lipinski definition) is 2. The van der Waals surface area contributed by atoms with Crippen molar-refractivity contribution in [1.82, 2.24) is 0 Å². The van der Waals surface area contributed by atoms with Gasteiger partial charge in [-0.05, 0) is 30.5 Å². The maximum atomic E-state index is 5.99. The van der Waals surface area contributed by atoms with E-state index in [1.807, 2.05) is 0 Å². The lowest BCUT2D eigenvalue weighted by Crippen LogP contribution is -2.25. The second-order valence-electron chi connectivity index (χ2n) is 5.74. The normalized spacial score (nSPS) is 16.2. The van der Waals surface area contributed by atoms with Crippen LogP contribution in [0.25, 0.3) is 0 Å². The van der Waals surface area contributed by atoms with Crippen molar-refractivity contribution in [1.29, 1.82) is 0 Å². The maximum absolute atomic E-state index is 5.99. The van der Waals surface area contributed by atoms with E-state index in [2.05, 4.69) is 31.2 Å². The lowest BCUT2D eigenvalue weighted by molar-refractivity contribution is 0.0255. The molecule has 0 spiro atoms. The zero-order valence-electron chi connectivity index (χ0n) is 12.8. The summed E-state index contributed by atoms with van der Waals surface area (Å²) in [7, 11) is 0. The molecule has 0 saturated carbocycles. The van der Waals surface area contributed by atoms with Gasteiger partial charge in [0.2, 0.25) is 0 Å². The fourth-order valence-electron chi connectivity index (χ4n) is 2.65. The van der Waals surface area contributed by atoms with Crippen LogP contribution >= 0.6 is 0 Å². The lowest BCUT2D eigenvalue weighted by atomic mass is 10.1. The van der Waals surface area contributed by atoms with Gasteiger partial charge in [0.25, 0.3) is 0 Å². The number of rotatable bonds is 8. The van der Waals surface area contributed by atoms with Crippen LogP contribution in [-0.4, -0.2) is 19.3 Å². The molecule has 1 heterocycles. The Morgan fingerprint density at radius 3 is 2.40 bits per heavy atom. The van der Waals surface area contributed by atoms with Crippen LogP contribution in [0.4, 0.5) is 0 Å². The predicted molar refractivity (Wildman–Crippen MR) is 83.4 cm³/mol. The summed E-state index contributed by atoms with van der Waals surface area (Å²) in [6.07, 6.45) is 10.3. The van der Waals surface area contributed by atoms with Crippen LogP contribution in [0.15, 0.2) is 24.3 Å². The third-order valence-electron chi connectivity index (χ3n) is 3.96. The summed E-state index contributed by atoms with van der Waals surface area (Å²) >= 11 is 0. The Labute approximate surface area is 123 Å². The quantitative estimate of drug-likeness (QED) is 0.637. The number of unbranched alkanes of at least 4 members (excludes halogenated alkanes) is 4. The average molecular weight is 276 g/mol. The Bertz CT molecular complexity index is 352. The van der Waals surface area contributed by atoms with Gasteiger partial charge >= 0.3 is 0 Å². The zero-order chi connectivity index (χ0) is 14.0. The highest BCUT2D eigenvalue weighted by atomic mass is 16.5. The largest absolute Gasteiger partial charge is 0.490 e. The van der Waals surface area contributed by atoms with Crippen LogP contribution in [-0.2, 0) is 11.2 Å². The zero-order valence-corrected chi connectivity index (χ0v) is 12.8. The Balaban J connectivity index is 1.69. The smallest absolute Gasteiger partial charge is 0.119 e. The van der Waals surface area contributed by atoms with Gasteiger partial charge in [0.05, 0.1) is 13.2 Å². The summed E-state index contributed by atoms with van der Waals surface area (Å²) in [5.74, 6) is 1.01. The Kier molecular flexibility index (Phi) is 6.93. The van der Waals surface area contributed by atoms with Gasteiger partial charge in [0.1, 0.15) is 11.9 Å². The molecule has 20 heavy (non-hydrogen) atoms. The fraction of sp³-hybridized carbons (Fsp3) is 0.667. The van der Waals surface area contributed by atoms with Crippen molar-refractivity contribution < 1.29 is 9.47 Å². The molecular formula is C18H28O2. The monoisotopic (exact) mass is 276 g/mol. The van der Waals surface area contributed by atoms with Crippen LogP contribution in [0.2, 0.25) is 0 Å². The molecule has 2 rings (SSSR count). The van der Waals surface area contributed by atoms with Gasteiger partial charge < -0.3 is 9.47 Å². The molecule has 1 aliphatic heterocycles. The first-order chi connectivity index (χ1) is 9.88. The third-order valence-corrected chi connectivity index (χ3v) is 3.96. The van der Waals surface area contributed by atoms with E-state index < -0.39 is 0 Å². The van der Waals surface area contributed by atoms with Gasteiger partial charge in [-0.15, -0.1) is 0 Å². The van der Waals surface area contributed by atoms with E-state index in [4.69, 9.17) is 9.47 Å². The summed E-state index contributed by atoms with van der Waals surface area (Å²) in [5, 5.41) is 0. The molecule has 1 saturated heterocycles. The van der Waals surface area contributed by atoms with Crippen LogP contribution in [0.3, 0.4) is 0 Å². The van der Waals surface area contributed by atoms with Crippen molar-refractivity contribution in [3.63, 3.8) is 0 Å². The van der Waals surface area contributed by atoms with E-state index in [1.165, 1.54) is 44.1 Å². The highest BCUT2D eigenvalue weighted by Gasteiger charge is 2.14. The van der Waals surface area contributed by atoms with Gasteiger partial charge in [-0.3, -0.25) is 0 Å². The highest BCUT2D eigenvalue weighted by Crippen LogP contribution is 2.19. The summed E-state index contributed by atoms with van der Waals surface area (Å²) in [6.45, 7) is 3.93. The molecule has 1 aromatic carbocycles. The van der Waals surface area contributed by atoms with E-state index in [0.717, 1.165) is 31.8 Å². The average Bonchev–Trinajstić information content (AvgIpc) is 2.50. The Morgan fingerprint density at radius 2 is 1.70 bits per heavy atom. The van der Waals surface area contributed by atoms with Crippen molar-refractivity contribution in [2.24, 2.45) is 0 Å². The third kappa shape index (κ3) is 5.54.